The third-order valence-electron chi connectivity index (χ3n) is 6.39. The van der Waals surface area contributed by atoms with Gasteiger partial charge in [0.15, 0.2) is 0 Å². The highest BCUT2D eigenvalue weighted by molar-refractivity contribution is 4.56. The molecule has 0 bridgehead atoms. The zero-order valence-corrected chi connectivity index (χ0v) is 18.1. The molecule has 4 heteroatoms. The van der Waals surface area contributed by atoms with Crippen molar-refractivity contribution in [3.8, 4) is 0 Å². The lowest BCUT2D eigenvalue weighted by molar-refractivity contribution is -0.936. The van der Waals surface area contributed by atoms with Crippen LogP contribution in [-0.4, -0.2) is 61.3 Å². The Balaban J connectivity index is 0.00000220. The number of hydrogen-bond acceptors (Lipinski definition) is 0. The molecule has 0 aromatic carbocycles. The van der Waals surface area contributed by atoms with Crippen LogP contribution in [0.1, 0.15) is 65.2 Å². The van der Waals surface area contributed by atoms with Crippen LogP contribution in [0.25, 0.3) is 0 Å². The van der Waals surface area contributed by atoms with Crippen molar-refractivity contribution in [1.29, 1.82) is 0 Å². The monoisotopic (exact) mass is 440 g/mol. The Kier molecular flexibility index (Phi) is 11.9. The molecule has 0 amide bonds. The van der Waals surface area contributed by atoms with Crippen LogP contribution >= 0.6 is 0 Å². The molecule has 0 aromatic heterocycles. The molecule has 2 nitrogen and oxygen atoms in total. The van der Waals surface area contributed by atoms with E-state index in [-0.39, 0.29) is 34.0 Å². The maximum atomic E-state index is 2.41. The molecule has 0 radical (unpaired) electrons. The predicted octanol–water partition coefficient (Wildman–Crippen LogP) is -2.18. The van der Waals surface area contributed by atoms with Crippen LogP contribution in [-0.2, 0) is 0 Å². The van der Waals surface area contributed by atoms with Crippen molar-refractivity contribution >= 4 is 0 Å². The van der Waals surface area contributed by atoms with E-state index in [0.29, 0.717) is 0 Å². The minimum Gasteiger partial charge on any atom is -1.00 e. The average Bonchev–Trinajstić information content (AvgIpc) is 2.53. The van der Waals surface area contributed by atoms with Crippen molar-refractivity contribution in [3.05, 3.63) is 0 Å². The van der Waals surface area contributed by atoms with Crippen molar-refractivity contribution in [2.45, 2.75) is 65.2 Å². The molecule has 134 valence electrons. The highest BCUT2D eigenvalue weighted by atomic mass is 79.9. The van der Waals surface area contributed by atoms with Gasteiger partial charge in [-0.05, 0) is 52.4 Å². The molecule has 0 aromatic rings. The summed E-state index contributed by atoms with van der Waals surface area (Å²) in [5.74, 6) is 0. The van der Waals surface area contributed by atoms with Gasteiger partial charge in [-0.1, -0.05) is 0 Å². The fraction of sp³-hybridized carbons (Fsp3) is 1.00. The van der Waals surface area contributed by atoms with E-state index in [1.54, 1.807) is 0 Å². The lowest BCUT2D eigenvalue weighted by atomic mass is 10.0. The van der Waals surface area contributed by atoms with Crippen LogP contribution < -0.4 is 34.0 Å². The quantitative estimate of drug-likeness (QED) is 0.311. The van der Waals surface area contributed by atoms with Crippen LogP contribution in [0, 0.1) is 0 Å². The number of likely N-dealkylation sites (tertiary alicyclic amines) is 2. The molecule has 0 saturated carbocycles. The number of nitrogens with zero attached hydrogens (tertiary/aromatic N) is 2. The molecule has 0 spiro atoms. The third kappa shape index (κ3) is 6.41. The first-order chi connectivity index (χ1) is 9.74. The molecular weight excluding hydrogens is 404 g/mol. The Morgan fingerprint density at radius 1 is 0.545 bits per heavy atom. The second kappa shape index (κ2) is 11.4. The van der Waals surface area contributed by atoms with Crippen molar-refractivity contribution < 1.29 is 42.9 Å². The van der Waals surface area contributed by atoms with Gasteiger partial charge in [-0.25, -0.2) is 0 Å². The Morgan fingerprint density at radius 2 is 0.864 bits per heavy atom. The van der Waals surface area contributed by atoms with Crippen LogP contribution in [0.4, 0.5) is 0 Å². The summed E-state index contributed by atoms with van der Waals surface area (Å²) in [4.78, 5) is 0. The number of unbranched alkanes of at least 4 members (excludes halogenated alkanes) is 1. The molecule has 2 aliphatic rings. The van der Waals surface area contributed by atoms with Crippen molar-refractivity contribution in [1.82, 2.24) is 0 Å². The van der Waals surface area contributed by atoms with Crippen molar-refractivity contribution in [2.75, 3.05) is 52.4 Å². The van der Waals surface area contributed by atoms with Crippen molar-refractivity contribution in [2.24, 2.45) is 0 Å². The lowest BCUT2D eigenvalue weighted by Crippen LogP contribution is -3.00. The first-order valence-corrected chi connectivity index (χ1v) is 9.44. The van der Waals surface area contributed by atoms with Gasteiger partial charge in [0, 0.05) is 12.8 Å². The fourth-order valence-electron chi connectivity index (χ4n) is 4.66. The maximum absolute atomic E-state index is 2.41. The van der Waals surface area contributed by atoms with E-state index in [1.807, 2.05) is 0 Å². The number of hydrogen-bond donors (Lipinski definition) is 0. The molecule has 0 atom stereocenters. The van der Waals surface area contributed by atoms with Gasteiger partial charge in [-0.3, -0.25) is 0 Å². The largest absolute Gasteiger partial charge is 1.00 e. The SMILES string of the molecule is CC[N+]1(CCCC[N+]2(CC)CCCCC2)CCCCC1.[Br-].[Br-]. The third-order valence-corrected chi connectivity index (χ3v) is 6.39. The highest BCUT2D eigenvalue weighted by Gasteiger charge is 2.30. The number of quaternary nitrogens is 2. The van der Waals surface area contributed by atoms with Gasteiger partial charge in [0.25, 0.3) is 0 Å². The van der Waals surface area contributed by atoms with E-state index < -0.39 is 0 Å². The Hall–Kier alpha value is 0.880. The zero-order valence-electron chi connectivity index (χ0n) is 15.0. The normalized spacial score (nSPS) is 23.2. The van der Waals surface area contributed by atoms with Crippen LogP contribution in [0.15, 0.2) is 0 Å². The summed E-state index contributed by atoms with van der Waals surface area (Å²) in [6.45, 7) is 16.3. The molecule has 0 N–H and O–H groups in total. The van der Waals surface area contributed by atoms with Gasteiger partial charge >= 0.3 is 0 Å². The van der Waals surface area contributed by atoms with Gasteiger partial charge in [0.05, 0.1) is 52.4 Å². The van der Waals surface area contributed by atoms with Crippen LogP contribution in [0.5, 0.6) is 0 Å². The second-order valence-corrected chi connectivity index (χ2v) is 7.49. The summed E-state index contributed by atoms with van der Waals surface area (Å²) >= 11 is 0. The van der Waals surface area contributed by atoms with Crippen molar-refractivity contribution in [3.63, 3.8) is 0 Å². The highest BCUT2D eigenvalue weighted by Crippen LogP contribution is 2.22. The topological polar surface area (TPSA) is 0 Å². The lowest BCUT2D eigenvalue weighted by Gasteiger charge is -2.42. The van der Waals surface area contributed by atoms with E-state index in [4.69, 9.17) is 0 Å². The smallest absolute Gasteiger partial charge is 0.0788 e. The molecule has 0 unspecified atom stereocenters. The Morgan fingerprint density at radius 3 is 1.14 bits per heavy atom. The first kappa shape index (κ1) is 22.9. The standard InChI is InChI=1S/C18H38N2.2BrH/c1-3-19(13-7-5-8-14-19)17-11-12-18-20(4-2)15-9-6-10-16-20;;/h3-18H2,1-2H3;2*1H/q+2;;/p-2. The molecule has 2 heterocycles. The van der Waals surface area contributed by atoms with Crippen LogP contribution in [0.2, 0.25) is 0 Å². The Bertz CT molecular complexity index is 244. The number of piperidine rings is 2. The summed E-state index contributed by atoms with van der Waals surface area (Å²) in [5, 5.41) is 0. The average molecular weight is 442 g/mol. The van der Waals surface area contributed by atoms with Gasteiger partial charge in [0.1, 0.15) is 0 Å². The van der Waals surface area contributed by atoms with E-state index in [2.05, 4.69) is 13.8 Å². The predicted molar refractivity (Wildman–Crippen MR) is 87.7 cm³/mol. The second-order valence-electron chi connectivity index (χ2n) is 7.49. The Labute approximate surface area is 160 Å². The summed E-state index contributed by atoms with van der Waals surface area (Å²) in [6, 6.07) is 0. The minimum atomic E-state index is 0. The van der Waals surface area contributed by atoms with Gasteiger partial charge in [-0.2, -0.15) is 0 Å². The first-order valence-electron chi connectivity index (χ1n) is 9.44. The molecule has 2 saturated heterocycles. The van der Waals surface area contributed by atoms with Gasteiger partial charge < -0.3 is 42.9 Å². The van der Waals surface area contributed by atoms with E-state index in [0.717, 1.165) is 0 Å². The van der Waals surface area contributed by atoms with E-state index in [9.17, 15) is 0 Å². The summed E-state index contributed by atoms with van der Waals surface area (Å²) in [5.41, 5.74) is 0. The summed E-state index contributed by atoms with van der Waals surface area (Å²) < 4.78 is 2.87. The molecular formula is C18H38Br2N2. The number of halogens is 2. The fourth-order valence-corrected chi connectivity index (χ4v) is 4.66. The summed E-state index contributed by atoms with van der Waals surface area (Å²) in [7, 11) is 0. The maximum Gasteiger partial charge on any atom is 0.0788 e. The molecule has 2 fully saturated rings. The minimum absolute atomic E-state index is 0. The van der Waals surface area contributed by atoms with E-state index in [1.165, 1.54) is 113 Å². The van der Waals surface area contributed by atoms with Gasteiger partial charge in [0.2, 0.25) is 0 Å². The molecule has 2 aliphatic heterocycles. The van der Waals surface area contributed by atoms with Gasteiger partial charge in [-0.15, -0.1) is 0 Å². The zero-order chi connectivity index (χ0) is 14.3. The van der Waals surface area contributed by atoms with Crippen LogP contribution in [0.3, 0.4) is 0 Å². The molecule has 0 aliphatic carbocycles. The van der Waals surface area contributed by atoms with E-state index >= 15 is 0 Å². The molecule has 2 rings (SSSR count). The number of rotatable bonds is 7. The summed E-state index contributed by atoms with van der Waals surface area (Å²) in [6.07, 6.45) is 11.8. The molecule has 22 heavy (non-hydrogen) atoms.